The van der Waals surface area contributed by atoms with Crippen molar-refractivity contribution in [2.75, 3.05) is 13.2 Å². The Morgan fingerprint density at radius 1 is 0.731 bits per heavy atom. The van der Waals surface area contributed by atoms with Gasteiger partial charge in [0, 0.05) is 0 Å². The summed E-state index contributed by atoms with van der Waals surface area (Å²) in [6, 6.07) is 0. The van der Waals surface area contributed by atoms with Crippen molar-refractivity contribution in [3.8, 4) is 0 Å². The summed E-state index contributed by atoms with van der Waals surface area (Å²) in [5.41, 5.74) is -7.37. The topological polar surface area (TPSA) is 35.5 Å². The second-order valence-corrected chi connectivity index (χ2v) is 6.74. The molecule has 0 bridgehead atoms. The molecular formula is C10H11F12O3P. The average Bonchev–Trinajstić information content (AvgIpc) is 2.41. The van der Waals surface area contributed by atoms with Gasteiger partial charge < -0.3 is 9.05 Å². The van der Waals surface area contributed by atoms with E-state index in [0.29, 0.717) is 13.8 Å². The van der Waals surface area contributed by atoms with E-state index < -0.39 is 56.6 Å². The number of alkyl halides is 12. The predicted molar refractivity (Wildman–Crippen MR) is 61.6 cm³/mol. The lowest BCUT2D eigenvalue weighted by atomic mass is 9.94. The lowest BCUT2D eigenvalue weighted by Crippen LogP contribution is -2.68. The molecule has 26 heavy (non-hydrogen) atoms. The van der Waals surface area contributed by atoms with Gasteiger partial charge in [0.15, 0.2) is 0 Å². The van der Waals surface area contributed by atoms with Crippen molar-refractivity contribution in [1.82, 2.24) is 0 Å². The Kier molecular flexibility index (Phi) is 7.18. The summed E-state index contributed by atoms with van der Waals surface area (Å²) in [7, 11) is -6.76. The fraction of sp³-hybridized carbons (Fsp3) is 1.00. The van der Waals surface area contributed by atoms with E-state index in [1.807, 2.05) is 0 Å². The first kappa shape index (κ1) is 25.3. The smallest absolute Gasteiger partial charge is 0.306 e. The molecule has 0 aliphatic rings. The zero-order valence-corrected chi connectivity index (χ0v) is 13.6. The minimum Gasteiger partial charge on any atom is -0.306 e. The summed E-state index contributed by atoms with van der Waals surface area (Å²) in [6.45, 7) is -1.01. The summed E-state index contributed by atoms with van der Waals surface area (Å²) in [5, 5.41) is -6.62. The highest BCUT2D eigenvalue weighted by Crippen LogP contribution is 2.71. The zero-order chi connectivity index (χ0) is 21.4. The van der Waals surface area contributed by atoms with Gasteiger partial charge in [-0.15, -0.1) is 0 Å². The van der Waals surface area contributed by atoms with Gasteiger partial charge in [0.1, 0.15) is 0 Å². The molecule has 0 heterocycles. The molecule has 0 aromatic rings. The van der Waals surface area contributed by atoms with Crippen molar-refractivity contribution < 1.29 is 66.3 Å². The molecule has 0 radical (unpaired) electrons. The van der Waals surface area contributed by atoms with Gasteiger partial charge in [-0.05, 0) is 13.8 Å². The number of hydrogen-bond acceptors (Lipinski definition) is 3. The molecule has 0 fully saturated rings. The molecule has 16 heteroatoms. The highest BCUT2D eigenvalue weighted by Gasteiger charge is 2.88. The molecule has 0 saturated heterocycles. The van der Waals surface area contributed by atoms with Crippen LogP contribution in [0.25, 0.3) is 0 Å². The van der Waals surface area contributed by atoms with Crippen LogP contribution in [0, 0.1) is 0 Å². The van der Waals surface area contributed by atoms with Crippen LogP contribution < -0.4 is 0 Å². The zero-order valence-electron chi connectivity index (χ0n) is 12.7. The highest BCUT2D eigenvalue weighted by molar-refractivity contribution is 7.55. The molecular weight excluding hydrogens is 427 g/mol. The summed E-state index contributed by atoms with van der Waals surface area (Å²) < 4.78 is 175. The first-order valence-electron chi connectivity index (χ1n) is 6.39. The first-order valence-corrected chi connectivity index (χ1v) is 7.93. The predicted octanol–water partition coefficient (Wildman–Crippen LogP) is 5.65. The third-order valence-electron chi connectivity index (χ3n) is 2.90. The van der Waals surface area contributed by atoms with Gasteiger partial charge >= 0.3 is 37.2 Å². The van der Waals surface area contributed by atoms with Crippen molar-refractivity contribution in [3.63, 3.8) is 0 Å². The van der Waals surface area contributed by atoms with E-state index in [-0.39, 0.29) is 0 Å². The third-order valence-corrected chi connectivity index (χ3v) is 5.38. The van der Waals surface area contributed by atoms with Crippen molar-refractivity contribution in [2.24, 2.45) is 0 Å². The van der Waals surface area contributed by atoms with Gasteiger partial charge in [0.2, 0.25) is 6.17 Å². The Balaban J connectivity index is 6.90. The fourth-order valence-corrected chi connectivity index (χ4v) is 3.61. The minimum atomic E-state index is -7.39. The Morgan fingerprint density at radius 2 is 1.04 bits per heavy atom. The van der Waals surface area contributed by atoms with E-state index in [1.165, 1.54) is 0 Å². The molecule has 0 rings (SSSR count). The molecule has 0 aliphatic heterocycles. The number of hydrogen-bond donors (Lipinski definition) is 0. The molecule has 2 atom stereocenters. The maximum absolute atomic E-state index is 14.4. The lowest BCUT2D eigenvalue weighted by Gasteiger charge is -2.41. The van der Waals surface area contributed by atoms with E-state index in [1.54, 1.807) is 0 Å². The number of rotatable bonds is 7. The van der Waals surface area contributed by atoms with E-state index in [2.05, 4.69) is 9.05 Å². The standard InChI is InChI=1S/C10H11F12O3P/c1-3-24-26(23,25-4-2)7(13,10(20,21)22)5(11)6(12,8(14,15)16)9(17,18)19/h5H,3-4H2,1-2H3. The molecule has 0 saturated carbocycles. The highest BCUT2D eigenvalue weighted by atomic mass is 31.2. The monoisotopic (exact) mass is 438 g/mol. The summed E-state index contributed by atoms with van der Waals surface area (Å²) in [5.74, 6) is 0. The van der Waals surface area contributed by atoms with Crippen LogP contribution in [0.15, 0.2) is 0 Å². The SMILES string of the molecule is CCOP(=O)(OCC)C(F)(C(F)C(F)(C(F)(F)F)C(F)(F)F)C(F)(F)F. The number of halogens is 12. The van der Waals surface area contributed by atoms with Crippen LogP contribution in [0.5, 0.6) is 0 Å². The van der Waals surface area contributed by atoms with Gasteiger partial charge in [-0.25, -0.2) is 13.2 Å². The molecule has 0 aromatic heterocycles. The van der Waals surface area contributed by atoms with Crippen molar-refractivity contribution >= 4 is 7.60 Å². The van der Waals surface area contributed by atoms with Crippen LogP contribution >= 0.6 is 7.60 Å². The maximum atomic E-state index is 14.4. The van der Waals surface area contributed by atoms with E-state index in [4.69, 9.17) is 0 Å². The van der Waals surface area contributed by atoms with Crippen LogP contribution in [-0.4, -0.2) is 49.0 Å². The molecule has 0 aromatic carbocycles. The molecule has 0 N–H and O–H groups in total. The Labute approximate surface area is 138 Å². The second-order valence-electron chi connectivity index (χ2n) is 4.57. The van der Waals surface area contributed by atoms with E-state index >= 15 is 0 Å². The molecule has 158 valence electrons. The van der Waals surface area contributed by atoms with Crippen LogP contribution in [0.2, 0.25) is 0 Å². The maximum Gasteiger partial charge on any atom is 0.437 e. The van der Waals surface area contributed by atoms with Crippen molar-refractivity contribution in [3.05, 3.63) is 0 Å². The van der Waals surface area contributed by atoms with Gasteiger partial charge in [-0.2, -0.15) is 39.5 Å². The quantitative estimate of drug-likeness (QED) is 0.381. The van der Waals surface area contributed by atoms with E-state index in [0.717, 1.165) is 0 Å². The molecule has 0 amide bonds. The fourth-order valence-electron chi connectivity index (χ4n) is 1.71. The van der Waals surface area contributed by atoms with Crippen LogP contribution in [0.4, 0.5) is 52.7 Å². The molecule has 2 unspecified atom stereocenters. The molecule has 0 aliphatic carbocycles. The first-order chi connectivity index (χ1) is 11.3. The van der Waals surface area contributed by atoms with Crippen molar-refractivity contribution in [1.29, 1.82) is 0 Å². The Morgan fingerprint density at radius 3 is 1.23 bits per heavy atom. The Bertz CT molecular complexity index is 503. The molecule has 3 nitrogen and oxygen atoms in total. The van der Waals surface area contributed by atoms with Gasteiger partial charge in [-0.1, -0.05) is 0 Å². The lowest BCUT2D eigenvalue weighted by molar-refractivity contribution is -0.375. The summed E-state index contributed by atoms with van der Waals surface area (Å²) in [6.07, 6.45) is -27.9. The summed E-state index contributed by atoms with van der Waals surface area (Å²) in [4.78, 5) is 0. The summed E-state index contributed by atoms with van der Waals surface area (Å²) >= 11 is 0. The van der Waals surface area contributed by atoms with Gasteiger partial charge in [0.05, 0.1) is 13.2 Å². The largest absolute Gasteiger partial charge is 0.437 e. The average molecular weight is 438 g/mol. The normalized spacial score (nSPS) is 18.5. The molecule has 0 spiro atoms. The third kappa shape index (κ3) is 3.79. The van der Waals surface area contributed by atoms with Crippen LogP contribution in [-0.2, 0) is 13.6 Å². The van der Waals surface area contributed by atoms with Gasteiger partial charge in [0.25, 0.3) is 0 Å². The van der Waals surface area contributed by atoms with E-state index in [9.17, 15) is 57.3 Å². The second kappa shape index (κ2) is 7.38. The van der Waals surface area contributed by atoms with Crippen LogP contribution in [0.1, 0.15) is 13.8 Å². The van der Waals surface area contributed by atoms with Crippen LogP contribution in [0.3, 0.4) is 0 Å². The van der Waals surface area contributed by atoms with Crippen molar-refractivity contribution in [2.45, 2.75) is 49.6 Å². The van der Waals surface area contributed by atoms with Gasteiger partial charge in [-0.3, -0.25) is 4.57 Å². The minimum absolute atomic E-state index is 0.700. The Hall–Kier alpha value is -0.690.